The third-order valence-electron chi connectivity index (χ3n) is 2.98. The van der Waals surface area contributed by atoms with Crippen molar-refractivity contribution in [2.75, 3.05) is 0 Å². The van der Waals surface area contributed by atoms with Crippen molar-refractivity contribution in [1.82, 2.24) is 5.32 Å². The van der Waals surface area contributed by atoms with E-state index in [4.69, 9.17) is 5.73 Å². The van der Waals surface area contributed by atoms with Crippen LogP contribution in [0.15, 0.2) is 40.9 Å². The van der Waals surface area contributed by atoms with Crippen LogP contribution in [0.25, 0.3) is 0 Å². The van der Waals surface area contributed by atoms with Crippen LogP contribution in [0.1, 0.15) is 21.5 Å². The average Bonchev–Trinajstić information content (AvgIpc) is 2.44. The summed E-state index contributed by atoms with van der Waals surface area (Å²) in [5, 5.41) is 2.96. The molecule has 3 N–H and O–H groups in total. The molecule has 0 aliphatic carbocycles. The molecule has 0 aliphatic heterocycles. The van der Waals surface area contributed by atoms with Crippen molar-refractivity contribution < 1.29 is 13.6 Å². The molecule has 2 rings (SSSR count). The van der Waals surface area contributed by atoms with E-state index in [-0.39, 0.29) is 24.5 Å². The third kappa shape index (κ3) is 4.09. The molecular formula is C15H13BrF2N2O. The summed E-state index contributed by atoms with van der Waals surface area (Å²) in [6.45, 7) is 0.485. The Morgan fingerprint density at radius 1 is 1.05 bits per heavy atom. The quantitative estimate of drug-likeness (QED) is 0.866. The van der Waals surface area contributed by atoms with Crippen molar-refractivity contribution in [2.45, 2.75) is 13.1 Å². The lowest BCUT2D eigenvalue weighted by Gasteiger charge is -2.08. The van der Waals surface area contributed by atoms with E-state index < -0.39 is 11.7 Å². The molecule has 0 bridgehead atoms. The van der Waals surface area contributed by atoms with Crippen molar-refractivity contribution >= 4 is 21.8 Å². The molecule has 0 heterocycles. The van der Waals surface area contributed by atoms with E-state index in [1.807, 2.05) is 0 Å². The molecule has 0 spiro atoms. The average molecular weight is 355 g/mol. The topological polar surface area (TPSA) is 55.1 Å². The van der Waals surface area contributed by atoms with Crippen molar-refractivity contribution in [2.24, 2.45) is 5.73 Å². The zero-order chi connectivity index (χ0) is 15.4. The standard InChI is InChI=1S/C15H13BrF2N2O/c16-12-3-4-13(17)11(5-12)8-20-7-10-2-1-9(15(19)21)6-14(10)18/h1-6,20H,7-8H2,(H2,19,21). The Labute approximate surface area is 129 Å². The van der Waals surface area contributed by atoms with Crippen LogP contribution in [-0.4, -0.2) is 5.91 Å². The predicted octanol–water partition coefficient (Wildman–Crippen LogP) is 3.12. The number of benzene rings is 2. The van der Waals surface area contributed by atoms with Gasteiger partial charge in [-0.1, -0.05) is 22.0 Å². The summed E-state index contributed by atoms with van der Waals surface area (Å²) in [4.78, 5) is 10.9. The number of hydrogen-bond donors (Lipinski definition) is 2. The molecule has 0 saturated heterocycles. The number of hydrogen-bond acceptors (Lipinski definition) is 2. The molecule has 0 aliphatic rings. The van der Waals surface area contributed by atoms with E-state index in [2.05, 4.69) is 21.2 Å². The zero-order valence-electron chi connectivity index (χ0n) is 11.0. The minimum atomic E-state index is -0.676. The van der Waals surface area contributed by atoms with Gasteiger partial charge in [0.1, 0.15) is 11.6 Å². The predicted molar refractivity (Wildman–Crippen MR) is 79.6 cm³/mol. The molecule has 0 unspecified atom stereocenters. The van der Waals surface area contributed by atoms with Gasteiger partial charge in [-0.15, -0.1) is 0 Å². The molecule has 0 radical (unpaired) electrons. The van der Waals surface area contributed by atoms with Gasteiger partial charge in [-0.25, -0.2) is 8.78 Å². The second kappa shape index (κ2) is 6.78. The highest BCUT2D eigenvalue weighted by Crippen LogP contribution is 2.16. The molecule has 0 atom stereocenters. The van der Waals surface area contributed by atoms with Gasteiger partial charge in [0, 0.05) is 34.3 Å². The van der Waals surface area contributed by atoms with E-state index in [0.29, 0.717) is 11.1 Å². The highest BCUT2D eigenvalue weighted by molar-refractivity contribution is 9.10. The first-order valence-electron chi connectivity index (χ1n) is 6.20. The lowest BCUT2D eigenvalue weighted by molar-refractivity contribution is 0.1000. The smallest absolute Gasteiger partial charge is 0.248 e. The molecule has 0 fully saturated rings. The van der Waals surface area contributed by atoms with Gasteiger partial charge < -0.3 is 11.1 Å². The molecule has 0 aromatic heterocycles. The van der Waals surface area contributed by atoms with E-state index in [0.717, 1.165) is 10.5 Å². The SMILES string of the molecule is NC(=O)c1ccc(CNCc2cc(Br)ccc2F)c(F)c1. The number of carbonyl (C=O) groups excluding carboxylic acids is 1. The van der Waals surface area contributed by atoms with E-state index in [9.17, 15) is 13.6 Å². The van der Waals surface area contributed by atoms with Crippen molar-refractivity contribution in [1.29, 1.82) is 0 Å². The first-order chi connectivity index (χ1) is 9.97. The van der Waals surface area contributed by atoms with Gasteiger partial charge in [-0.05, 0) is 30.3 Å². The number of nitrogens with two attached hydrogens (primary N) is 1. The molecule has 0 saturated carbocycles. The van der Waals surface area contributed by atoms with Crippen molar-refractivity contribution in [3.8, 4) is 0 Å². The fourth-order valence-corrected chi connectivity index (χ4v) is 2.26. The fraction of sp³-hybridized carbons (Fsp3) is 0.133. The Morgan fingerprint density at radius 3 is 2.43 bits per heavy atom. The molecule has 110 valence electrons. The van der Waals surface area contributed by atoms with Gasteiger partial charge in [0.25, 0.3) is 0 Å². The lowest BCUT2D eigenvalue weighted by Crippen LogP contribution is -2.16. The normalized spacial score (nSPS) is 10.6. The van der Waals surface area contributed by atoms with Crippen LogP contribution >= 0.6 is 15.9 Å². The van der Waals surface area contributed by atoms with Gasteiger partial charge in [-0.3, -0.25) is 4.79 Å². The Balaban J connectivity index is 2.00. The minimum absolute atomic E-state index is 0.120. The summed E-state index contributed by atoms with van der Waals surface area (Å²) in [7, 11) is 0. The third-order valence-corrected chi connectivity index (χ3v) is 3.47. The van der Waals surface area contributed by atoms with Crippen LogP contribution in [0.4, 0.5) is 8.78 Å². The first kappa shape index (κ1) is 15.6. The summed E-state index contributed by atoms with van der Waals surface area (Å²) in [5.74, 6) is -1.52. The van der Waals surface area contributed by atoms with Crippen LogP contribution in [0.3, 0.4) is 0 Å². The molecule has 3 nitrogen and oxygen atoms in total. The molecule has 2 aromatic rings. The maximum absolute atomic E-state index is 13.8. The van der Waals surface area contributed by atoms with Crippen LogP contribution in [0.5, 0.6) is 0 Å². The van der Waals surface area contributed by atoms with E-state index >= 15 is 0 Å². The number of nitrogens with one attached hydrogen (secondary N) is 1. The summed E-state index contributed by atoms with van der Waals surface area (Å²) >= 11 is 3.27. The number of rotatable bonds is 5. The highest BCUT2D eigenvalue weighted by atomic mass is 79.9. The second-order valence-corrected chi connectivity index (χ2v) is 5.43. The van der Waals surface area contributed by atoms with Gasteiger partial charge >= 0.3 is 0 Å². The highest BCUT2D eigenvalue weighted by Gasteiger charge is 2.08. The summed E-state index contributed by atoms with van der Waals surface area (Å²) in [6.07, 6.45) is 0. The summed E-state index contributed by atoms with van der Waals surface area (Å²) in [5.41, 5.74) is 6.06. The molecule has 21 heavy (non-hydrogen) atoms. The minimum Gasteiger partial charge on any atom is -0.366 e. The molecule has 1 amide bonds. The number of halogens is 3. The van der Waals surface area contributed by atoms with Gasteiger partial charge in [0.05, 0.1) is 0 Å². The Kier molecular flexibility index (Phi) is 5.03. The van der Waals surface area contributed by atoms with Gasteiger partial charge in [-0.2, -0.15) is 0 Å². The largest absolute Gasteiger partial charge is 0.366 e. The first-order valence-corrected chi connectivity index (χ1v) is 6.99. The summed E-state index contributed by atoms with van der Waals surface area (Å²) in [6, 6.07) is 8.68. The Hall–Kier alpha value is -1.79. The van der Waals surface area contributed by atoms with Crippen LogP contribution in [0.2, 0.25) is 0 Å². The van der Waals surface area contributed by atoms with Gasteiger partial charge in [0.2, 0.25) is 5.91 Å². The number of amides is 1. The maximum Gasteiger partial charge on any atom is 0.248 e. The van der Waals surface area contributed by atoms with Gasteiger partial charge in [0.15, 0.2) is 0 Å². The zero-order valence-corrected chi connectivity index (χ0v) is 12.6. The van der Waals surface area contributed by atoms with E-state index in [1.54, 1.807) is 12.1 Å². The van der Waals surface area contributed by atoms with Crippen LogP contribution in [-0.2, 0) is 13.1 Å². The Morgan fingerprint density at radius 2 is 1.76 bits per heavy atom. The maximum atomic E-state index is 13.8. The van der Waals surface area contributed by atoms with Crippen molar-refractivity contribution in [3.63, 3.8) is 0 Å². The molecule has 6 heteroatoms. The monoisotopic (exact) mass is 354 g/mol. The Bertz CT molecular complexity index is 677. The number of primary amides is 1. The second-order valence-electron chi connectivity index (χ2n) is 4.51. The van der Waals surface area contributed by atoms with Crippen LogP contribution < -0.4 is 11.1 Å². The molecular weight excluding hydrogens is 342 g/mol. The van der Waals surface area contributed by atoms with Crippen molar-refractivity contribution in [3.05, 3.63) is 69.2 Å². The molecule has 2 aromatic carbocycles. The van der Waals surface area contributed by atoms with E-state index in [1.165, 1.54) is 18.2 Å². The van der Waals surface area contributed by atoms with Crippen LogP contribution in [0, 0.1) is 11.6 Å². The number of carbonyl (C=O) groups is 1. The lowest BCUT2D eigenvalue weighted by atomic mass is 10.1. The fourth-order valence-electron chi connectivity index (χ4n) is 1.85. The summed E-state index contributed by atoms with van der Waals surface area (Å²) < 4.78 is 28.1.